The van der Waals surface area contributed by atoms with Crippen molar-refractivity contribution in [3.05, 3.63) is 57.6 Å². The molecule has 2 aromatic rings. The zero-order valence-electron chi connectivity index (χ0n) is 11.1. The Bertz CT molecular complexity index is 728. The summed E-state index contributed by atoms with van der Waals surface area (Å²) < 4.78 is 0.473. The van der Waals surface area contributed by atoms with Crippen molar-refractivity contribution in [2.75, 3.05) is 5.32 Å². The van der Waals surface area contributed by atoms with E-state index in [0.717, 1.165) is 0 Å². The molecule has 2 rings (SSSR count). The van der Waals surface area contributed by atoms with Crippen molar-refractivity contribution < 1.29 is 19.8 Å². The molecule has 0 aliphatic rings. The van der Waals surface area contributed by atoms with E-state index in [-0.39, 0.29) is 22.6 Å². The molecule has 108 valence electrons. The van der Waals surface area contributed by atoms with E-state index in [1.54, 1.807) is 25.1 Å². The van der Waals surface area contributed by atoms with Crippen LogP contribution in [0.4, 0.5) is 5.69 Å². The van der Waals surface area contributed by atoms with Gasteiger partial charge in [0.1, 0.15) is 5.75 Å². The molecule has 0 saturated carbocycles. The number of aromatic carboxylic acids is 1. The average molecular weight is 350 g/mol. The molecule has 0 bridgehead atoms. The lowest BCUT2D eigenvalue weighted by molar-refractivity contribution is 0.0697. The SMILES string of the molecule is Cc1cccc(NC(=O)c2ccc(Br)c(O)c2)c1C(=O)O. The summed E-state index contributed by atoms with van der Waals surface area (Å²) in [6.45, 7) is 1.66. The Kier molecular flexibility index (Phi) is 4.28. The highest BCUT2D eigenvalue weighted by atomic mass is 79.9. The quantitative estimate of drug-likeness (QED) is 0.792. The molecule has 21 heavy (non-hydrogen) atoms. The maximum Gasteiger partial charge on any atom is 0.338 e. The van der Waals surface area contributed by atoms with Crippen molar-refractivity contribution in [1.29, 1.82) is 0 Å². The lowest BCUT2D eigenvalue weighted by atomic mass is 10.1. The van der Waals surface area contributed by atoms with E-state index in [9.17, 15) is 19.8 Å². The van der Waals surface area contributed by atoms with E-state index in [1.165, 1.54) is 18.2 Å². The number of hydrogen-bond acceptors (Lipinski definition) is 3. The standard InChI is InChI=1S/C15H12BrNO4/c1-8-3-2-4-11(13(8)15(20)21)17-14(19)9-5-6-10(16)12(18)7-9/h2-7,18H,1H3,(H,17,19)(H,20,21). The van der Waals surface area contributed by atoms with Gasteiger partial charge in [0.2, 0.25) is 0 Å². The van der Waals surface area contributed by atoms with Gasteiger partial charge in [0.25, 0.3) is 5.91 Å². The molecule has 0 radical (unpaired) electrons. The van der Waals surface area contributed by atoms with Crippen LogP contribution in [0.15, 0.2) is 40.9 Å². The predicted octanol–water partition coefficient (Wildman–Crippen LogP) is 3.41. The highest BCUT2D eigenvalue weighted by Crippen LogP contribution is 2.25. The number of carbonyl (C=O) groups excluding carboxylic acids is 1. The normalized spacial score (nSPS) is 10.2. The number of carboxylic acid groups (broad SMARTS) is 1. The van der Waals surface area contributed by atoms with Crippen LogP contribution in [0.3, 0.4) is 0 Å². The molecular weight excluding hydrogens is 338 g/mol. The van der Waals surface area contributed by atoms with Gasteiger partial charge in [-0.05, 0) is 52.7 Å². The van der Waals surface area contributed by atoms with E-state index in [0.29, 0.717) is 10.0 Å². The zero-order chi connectivity index (χ0) is 15.6. The Morgan fingerprint density at radius 1 is 1.19 bits per heavy atom. The third kappa shape index (κ3) is 3.22. The number of rotatable bonds is 3. The van der Waals surface area contributed by atoms with Crippen molar-refractivity contribution in [3.63, 3.8) is 0 Å². The van der Waals surface area contributed by atoms with Crippen LogP contribution >= 0.6 is 15.9 Å². The van der Waals surface area contributed by atoms with Gasteiger partial charge < -0.3 is 15.5 Å². The van der Waals surface area contributed by atoms with Gasteiger partial charge in [-0.25, -0.2) is 4.79 Å². The Morgan fingerprint density at radius 2 is 1.90 bits per heavy atom. The molecule has 0 aliphatic heterocycles. The number of carbonyl (C=O) groups is 2. The molecule has 5 nitrogen and oxygen atoms in total. The first-order valence-electron chi connectivity index (χ1n) is 6.03. The number of carboxylic acids is 1. The van der Waals surface area contributed by atoms with Gasteiger partial charge in [0.15, 0.2) is 0 Å². The molecule has 6 heteroatoms. The molecule has 0 aromatic heterocycles. The third-order valence-electron chi connectivity index (χ3n) is 2.94. The number of aromatic hydroxyl groups is 1. The van der Waals surface area contributed by atoms with Crippen LogP contribution in [0.1, 0.15) is 26.3 Å². The minimum absolute atomic E-state index is 0.0483. The number of phenolic OH excluding ortho intramolecular Hbond substituents is 1. The summed E-state index contributed by atoms with van der Waals surface area (Å²) in [6, 6.07) is 9.21. The summed E-state index contributed by atoms with van der Waals surface area (Å²) in [5.41, 5.74) is 1.05. The van der Waals surface area contributed by atoms with Crippen LogP contribution in [0.5, 0.6) is 5.75 Å². The van der Waals surface area contributed by atoms with Crippen molar-refractivity contribution in [2.24, 2.45) is 0 Å². The first kappa shape index (κ1) is 15.1. The Labute approximate surface area is 129 Å². The van der Waals surface area contributed by atoms with Gasteiger partial charge in [-0.15, -0.1) is 0 Å². The maximum atomic E-state index is 12.1. The van der Waals surface area contributed by atoms with Crippen LogP contribution in [-0.4, -0.2) is 22.1 Å². The van der Waals surface area contributed by atoms with Crippen molar-refractivity contribution in [2.45, 2.75) is 6.92 Å². The van der Waals surface area contributed by atoms with Crippen LogP contribution in [0.2, 0.25) is 0 Å². The van der Waals surface area contributed by atoms with E-state index >= 15 is 0 Å². The fourth-order valence-electron chi connectivity index (χ4n) is 1.90. The molecule has 0 aliphatic carbocycles. The van der Waals surface area contributed by atoms with Crippen LogP contribution in [0.25, 0.3) is 0 Å². The van der Waals surface area contributed by atoms with E-state index in [4.69, 9.17) is 0 Å². The largest absolute Gasteiger partial charge is 0.507 e. The number of phenols is 1. The summed E-state index contributed by atoms with van der Waals surface area (Å²) >= 11 is 3.13. The molecule has 0 unspecified atom stereocenters. The summed E-state index contributed by atoms with van der Waals surface area (Å²) in [5.74, 6) is -1.67. The maximum absolute atomic E-state index is 12.1. The van der Waals surface area contributed by atoms with Crippen LogP contribution < -0.4 is 5.32 Å². The molecule has 3 N–H and O–H groups in total. The van der Waals surface area contributed by atoms with Gasteiger partial charge in [-0.3, -0.25) is 4.79 Å². The molecular formula is C15H12BrNO4. The molecule has 0 heterocycles. The monoisotopic (exact) mass is 349 g/mol. The average Bonchev–Trinajstić information content (AvgIpc) is 2.41. The fraction of sp³-hybridized carbons (Fsp3) is 0.0667. The highest BCUT2D eigenvalue weighted by molar-refractivity contribution is 9.10. The minimum Gasteiger partial charge on any atom is -0.507 e. The minimum atomic E-state index is -1.11. The zero-order valence-corrected chi connectivity index (χ0v) is 12.6. The lowest BCUT2D eigenvalue weighted by Crippen LogP contribution is -2.15. The number of nitrogens with one attached hydrogen (secondary N) is 1. The summed E-state index contributed by atoms with van der Waals surface area (Å²) in [6.07, 6.45) is 0. The number of hydrogen-bond donors (Lipinski definition) is 3. The first-order chi connectivity index (χ1) is 9.90. The van der Waals surface area contributed by atoms with Crippen molar-refractivity contribution in [3.8, 4) is 5.75 Å². The number of anilines is 1. The molecule has 0 saturated heterocycles. The van der Waals surface area contributed by atoms with Crippen LogP contribution in [0, 0.1) is 6.92 Å². The summed E-state index contributed by atoms with van der Waals surface area (Å²) in [4.78, 5) is 23.4. The predicted molar refractivity (Wildman–Crippen MR) is 81.9 cm³/mol. The molecule has 0 fully saturated rings. The van der Waals surface area contributed by atoms with E-state index in [1.807, 2.05) is 0 Å². The lowest BCUT2D eigenvalue weighted by Gasteiger charge is -2.11. The van der Waals surface area contributed by atoms with E-state index < -0.39 is 11.9 Å². The second-order valence-corrected chi connectivity index (χ2v) is 5.28. The molecule has 1 amide bonds. The van der Waals surface area contributed by atoms with Gasteiger partial charge >= 0.3 is 5.97 Å². The smallest absolute Gasteiger partial charge is 0.338 e. The number of halogens is 1. The van der Waals surface area contributed by atoms with Crippen molar-refractivity contribution >= 4 is 33.5 Å². The first-order valence-corrected chi connectivity index (χ1v) is 6.82. The van der Waals surface area contributed by atoms with Crippen molar-refractivity contribution in [1.82, 2.24) is 0 Å². The van der Waals surface area contributed by atoms with Gasteiger partial charge in [0, 0.05) is 5.56 Å². The second-order valence-electron chi connectivity index (χ2n) is 4.42. The Balaban J connectivity index is 2.34. The summed E-state index contributed by atoms with van der Waals surface area (Å²) in [5, 5.41) is 21.3. The Hall–Kier alpha value is -2.34. The highest BCUT2D eigenvalue weighted by Gasteiger charge is 2.16. The number of amides is 1. The third-order valence-corrected chi connectivity index (χ3v) is 3.61. The van der Waals surface area contributed by atoms with Gasteiger partial charge in [-0.2, -0.15) is 0 Å². The fourth-order valence-corrected chi connectivity index (χ4v) is 2.15. The molecule has 0 spiro atoms. The van der Waals surface area contributed by atoms with Gasteiger partial charge in [0.05, 0.1) is 15.7 Å². The second kappa shape index (κ2) is 5.97. The van der Waals surface area contributed by atoms with E-state index in [2.05, 4.69) is 21.2 Å². The van der Waals surface area contributed by atoms with Crippen LogP contribution in [-0.2, 0) is 0 Å². The molecule has 2 aromatic carbocycles. The number of aryl methyl sites for hydroxylation is 1. The summed E-state index contributed by atoms with van der Waals surface area (Å²) in [7, 11) is 0. The number of benzene rings is 2. The Morgan fingerprint density at radius 3 is 2.52 bits per heavy atom. The van der Waals surface area contributed by atoms with Gasteiger partial charge in [-0.1, -0.05) is 12.1 Å². The molecule has 0 atom stereocenters. The topological polar surface area (TPSA) is 86.6 Å².